The molecule has 0 atom stereocenters. The molecule has 31 heavy (non-hydrogen) atoms. The van der Waals surface area contributed by atoms with Gasteiger partial charge in [0.25, 0.3) is 15.6 Å². The quantitative estimate of drug-likeness (QED) is 0.466. The highest BCUT2D eigenvalue weighted by molar-refractivity contribution is 7.92. The van der Waals surface area contributed by atoms with Gasteiger partial charge in [-0.1, -0.05) is 23.2 Å². The number of aryl methyl sites for hydroxylation is 1. The van der Waals surface area contributed by atoms with Gasteiger partial charge in [-0.2, -0.15) is 0 Å². The van der Waals surface area contributed by atoms with Gasteiger partial charge in [-0.25, -0.2) is 27.9 Å². The number of hydrogen-bond acceptors (Lipinski definition) is 7. The summed E-state index contributed by atoms with van der Waals surface area (Å²) >= 11 is 6.57. The van der Waals surface area contributed by atoms with E-state index < -0.39 is 16.1 Å². The summed E-state index contributed by atoms with van der Waals surface area (Å²) in [4.78, 5) is 33.3. The van der Waals surface area contributed by atoms with Crippen LogP contribution in [0.3, 0.4) is 0 Å². The number of nitrogens with one attached hydrogen (secondary N) is 2. The number of pyridine rings is 1. The van der Waals surface area contributed by atoms with Gasteiger partial charge in [-0.3, -0.25) is 9.36 Å². The molecule has 3 aromatic heterocycles. The van der Waals surface area contributed by atoms with Gasteiger partial charge in [0.05, 0.1) is 27.1 Å². The lowest BCUT2D eigenvalue weighted by Crippen LogP contribution is -2.34. The zero-order valence-corrected chi connectivity index (χ0v) is 18.3. The fourth-order valence-electron chi connectivity index (χ4n) is 2.77. The van der Waals surface area contributed by atoms with E-state index in [1.807, 2.05) is 17.7 Å². The van der Waals surface area contributed by atoms with E-state index in [0.717, 1.165) is 16.9 Å². The summed E-state index contributed by atoms with van der Waals surface area (Å²) in [6, 6.07) is 10.2. The first-order valence-electron chi connectivity index (χ1n) is 8.76. The Hall–Kier alpha value is -3.28. The minimum atomic E-state index is -4.04. The number of benzene rings is 1. The summed E-state index contributed by atoms with van der Waals surface area (Å²) in [5, 5.41) is 2.84. The van der Waals surface area contributed by atoms with Crippen LogP contribution in [0.4, 0.5) is 10.5 Å². The van der Waals surface area contributed by atoms with Crippen molar-refractivity contribution >= 4 is 55.6 Å². The lowest BCUT2D eigenvalue weighted by atomic mass is 10.2. The molecule has 12 heteroatoms. The third-order valence-corrected chi connectivity index (χ3v) is 7.26. The van der Waals surface area contributed by atoms with E-state index >= 15 is 0 Å². The number of carbonyl (C=O) groups excluding carboxylic acids is 1. The molecule has 9 nitrogen and oxygen atoms in total. The second-order valence-electron chi connectivity index (χ2n) is 6.46. The third-order valence-electron chi connectivity index (χ3n) is 4.21. The molecule has 0 aliphatic rings. The molecule has 0 bridgehead atoms. The standard InChI is InChI=1S/C19H14ClN5O4S2/c1-11-2-4-14-13(8-11)18(26)25(10-22-14)16-6-3-12(9-21-16)23-19(27)24-31(28,29)17-7-5-15(20)30-17/h2-10H,1H3,(H2,23,24,27). The molecule has 3 heterocycles. The molecule has 0 aliphatic heterocycles. The Bertz CT molecular complexity index is 1460. The molecule has 0 radical (unpaired) electrons. The zero-order chi connectivity index (χ0) is 22.2. The average molecular weight is 476 g/mol. The third kappa shape index (κ3) is 4.43. The maximum Gasteiger partial charge on any atom is 0.333 e. The number of anilines is 1. The number of sulfonamides is 1. The van der Waals surface area contributed by atoms with Gasteiger partial charge in [-0.05, 0) is 43.3 Å². The van der Waals surface area contributed by atoms with Crippen LogP contribution < -0.4 is 15.6 Å². The lowest BCUT2D eigenvalue weighted by molar-refractivity contribution is 0.256. The van der Waals surface area contributed by atoms with Crippen molar-refractivity contribution in [1.29, 1.82) is 0 Å². The summed E-state index contributed by atoms with van der Waals surface area (Å²) < 4.78 is 27.7. The van der Waals surface area contributed by atoms with Crippen molar-refractivity contribution in [1.82, 2.24) is 19.3 Å². The van der Waals surface area contributed by atoms with Gasteiger partial charge < -0.3 is 5.32 Å². The second kappa shape index (κ2) is 8.10. The molecule has 1 aromatic carbocycles. The first kappa shape index (κ1) is 21.0. The van der Waals surface area contributed by atoms with Crippen LogP contribution in [-0.4, -0.2) is 29.0 Å². The highest BCUT2D eigenvalue weighted by Gasteiger charge is 2.20. The number of amides is 2. The Morgan fingerprint density at radius 2 is 1.94 bits per heavy atom. The van der Waals surface area contributed by atoms with E-state index in [9.17, 15) is 18.0 Å². The van der Waals surface area contributed by atoms with Gasteiger partial charge >= 0.3 is 6.03 Å². The molecule has 158 valence electrons. The van der Waals surface area contributed by atoms with Crippen LogP contribution in [0, 0.1) is 6.92 Å². The number of urea groups is 1. The average Bonchev–Trinajstić information content (AvgIpc) is 3.16. The lowest BCUT2D eigenvalue weighted by Gasteiger charge is -2.09. The summed E-state index contributed by atoms with van der Waals surface area (Å²) in [5.74, 6) is 0.299. The van der Waals surface area contributed by atoms with E-state index in [2.05, 4.69) is 15.3 Å². The molecule has 0 aliphatic carbocycles. The minimum Gasteiger partial charge on any atom is -0.306 e. The largest absolute Gasteiger partial charge is 0.333 e. The number of thiophene rings is 1. The fourth-order valence-corrected chi connectivity index (χ4v) is 5.16. The smallest absolute Gasteiger partial charge is 0.306 e. The van der Waals surface area contributed by atoms with E-state index in [-0.39, 0.29) is 19.8 Å². The Kier molecular flexibility index (Phi) is 5.48. The van der Waals surface area contributed by atoms with Crippen molar-refractivity contribution in [3.05, 3.63) is 75.2 Å². The maximum atomic E-state index is 12.8. The zero-order valence-electron chi connectivity index (χ0n) is 15.9. The van der Waals surface area contributed by atoms with Crippen LogP contribution in [0.15, 0.2) is 64.0 Å². The summed E-state index contributed by atoms with van der Waals surface area (Å²) in [5.41, 5.74) is 1.47. The fraction of sp³-hybridized carbons (Fsp3) is 0.0526. The molecule has 0 saturated heterocycles. The minimum absolute atomic E-state index is 0.0838. The number of nitrogens with zero attached hydrogens (tertiary/aromatic N) is 3. The van der Waals surface area contributed by atoms with Gasteiger partial charge in [0.15, 0.2) is 0 Å². The van der Waals surface area contributed by atoms with Gasteiger partial charge in [-0.15, -0.1) is 11.3 Å². The molecule has 0 fully saturated rings. The predicted octanol–water partition coefficient (Wildman–Crippen LogP) is 3.31. The first-order valence-corrected chi connectivity index (χ1v) is 11.4. The molecule has 4 aromatic rings. The Morgan fingerprint density at radius 1 is 1.13 bits per heavy atom. The first-order chi connectivity index (χ1) is 14.7. The molecule has 4 rings (SSSR count). The van der Waals surface area contributed by atoms with Crippen molar-refractivity contribution in [2.75, 3.05) is 5.32 Å². The Balaban J connectivity index is 1.52. The van der Waals surface area contributed by atoms with Gasteiger partial charge in [0, 0.05) is 0 Å². The Morgan fingerprint density at radius 3 is 2.61 bits per heavy atom. The van der Waals surface area contributed by atoms with Crippen molar-refractivity contribution < 1.29 is 13.2 Å². The molecule has 2 amide bonds. The van der Waals surface area contributed by atoms with Crippen LogP contribution in [-0.2, 0) is 10.0 Å². The van der Waals surface area contributed by atoms with Crippen molar-refractivity contribution in [3.8, 4) is 5.82 Å². The van der Waals surface area contributed by atoms with E-state index in [0.29, 0.717) is 16.7 Å². The molecular formula is C19H14ClN5O4S2. The van der Waals surface area contributed by atoms with Crippen molar-refractivity contribution in [2.45, 2.75) is 11.1 Å². The SMILES string of the molecule is Cc1ccc2ncn(-c3ccc(NC(=O)NS(=O)(=O)c4ccc(Cl)s4)cn3)c(=O)c2c1. The van der Waals surface area contributed by atoms with Crippen LogP contribution in [0.2, 0.25) is 4.34 Å². The molecule has 2 N–H and O–H groups in total. The van der Waals surface area contributed by atoms with Gasteiger partial charge in [0.1, 0.15) is 16.4 Å². The van der Waals surface area contributed by atoms with Crippen LogP contribution in [0.1, 0.15) is 5.56 Å². The number of fused-ring (bicyclic) bond motifs is 1. The molecule has 0 spiro atoms. The van der Waals surface area contributed by atoms with Gasteiger partial charge in [0.2, 0.25) is 0 Å². The van der Waals surface area contributed by atoms with Crippen LogP contribution in [0.5, 0.6) is 0 Å². The normalized spacial score (nSPS) is 11.4. The number of aromatic nitrogens is 3. The summed E-state index contributed by atoms with van der Waals surface area (Å²) in [7, 11) is -4.04. The number of carbonyl (C=O) groups is 1. The molecular weight excluding hydrogens is 462 g/mol. The maximum absolute atomic E-state index is 12.8. The van der Waals surface area contributed by atoms with Crippen molar-refractivity contribution in [2.24, 2.45) is 0 Å². The highest BCUT2D eigenvalue weighted by atomic mass is 35.5. The molecule has 0 saturated carbocycles. The van der Waals surface area contributed by atoms with Crippen LogP contribution in [0.25, 0.3) is 16.7 Å². The van der Waals surface area contributed by atoms with Crippen LogP contribution >= 0.6 is 22.9 Å². The highest BCUT2D eigenvalue weighted by Crippen LogP contribution is 2.25. The monoisotopic (exact) mass is 475 g/mol. The molecule has 0 unspecified atom stereocenters. The second-order valence-corrected chi connectivity index (χ2v) is 10.1. The Labute approximate surface area is 185 Å². The number of halogens is 1. The topological polar surface area (TPSA) is 123 Å². The van der Waals surface area contributed by atoms with Crippen molar-refractivity contribution in [3.63, 3.8) is 0 Å². The van der Waals surface area contributed by atoms with E-state index in [1.165, 1.54) is 41.4 Å². The summed E-state index contributed by atoms with van der Waals surface area (Å²) in [6.07, 6.45) is 2.68. The van der Waals surface area contributed by atoms with E-state index in [1.54, 1.807) is 12.1 Å². The number of rotatable bonds is 4. The summed E-state index contributed by atoms with van der Waals surface area (Å²) in [6.45, 7) is 1.88. The number of hydrogen-bond donors (Lipinski definition) is 2. The predicted molar refractivity (Wildman–Crippen MR) is 119 cm³/mol. The van der Waals surface area contributed by atoms with E-state index in [4.69, 9.17) is 11.6 Å².